The molecule has 5 heteroatoms. The van der Waals surface area contributed by atoms with Crippen molar-refractivity contribution in [1.29, 1.82) is 0 Å². The lowest BCUT2D eigenvalue weighted by Crippen LogP contribution is -2.59. The van der Waals surface area contributed by atoms with Crippen molar-refractivity contribution < 1.29 is 18.8 Å². The lowest BCUT2D eigenvalue weighted by atomic mass is 10.0. The average molecular weight is 376 g/mol. The Morgan fingerprint density at radius 1 is 1.11 bits per heavy atom. The first-order valence-electron chi connectivity index (χ1n) is 10.4. The highest BCUT2D eigenvalue weighted by molar-refractivity contribution is 6.03. The van der Waals surface area contributed by atoms with Gasteiger partial charge in [-0.3, -0.25) is 4.79 Å². The third-order valence-electron chi connectivity index (χ3n) is 6.05. The number of benzene rings is 1. The van der Waals surface area contributed by atoms with Gasteiger partial charge in [0, 0.05) is 0 Å². The van der Waals surface area contributed by atoms with Crippen LogP contribution >= 0.6 is 0 Å². The topological polar surface area (TPSA) is 55.4 Å². The van der Waals surface area contributed by atoms with Gasteiger partial charge in [0.2, 0.25) is 0 Å². The van der Waals surface area contributed by atoms with Crippen LogP contribution in [-0.2, 0) is 9.53 Å². The molecule has 1 heterocycles. The minimum Gasteiger partial charge on any atom is -0.462 e. The van der Waals surface area contributed by atoms with E-state index in [2.05, 4.69) is 12.2 Å². The first-order valence-corrected chi connectivity index (χ1v) is 10.4. The van der Waals surface area contributed by atoms with Crippen LogP contribution in [0, 0.1) is 6.92 Å². The summed E-state index contributed by atoms with van der Waals surface area (Å²) in [5, 5.41) is 3.05. The van der Waals surface area contributed by atoms with Gasteiger partial charge in [-0.1, -0.05) is 18.6 Å². The van der Waals surface area contributed by atoms with E-state index in [1.54, 1.807) is 13.0 Å². The van der Waals surface area contributed by atoms with Gasteiger partial charge in [-0.25, -0.2) is 4.79 Å². The zero-order valence-electron chi connectivity index (χ0n) is 17.3. The fraction of sp³-hybridized carbons (Fsp3) is 0.636. The minimum absolute atomic E-state index is 0.0164. The maximum absolute atomic E-state index is 13.2. The standard InChI is InChI=1S/C22H34N2O3/c1-5-24(15-10-8-7-9-11-16-24)18(4)21(25)23-20-17(3)13-12-14-19(20)22(26)27-6-2/h12-14,18H,5-11,15-16H2,1-4H3/p+1. The van der Waals surface area contributed by atoms with Crippen LogP contribution in [0.1, 0.15) is 68.8 Å². The fourth-order valence-electron chi connectivity index (χ4n) is 4.16. The molecular formula is C22H35N2O3+. The summed E-state index contributed by atoms with van der Waals surface area (Å²) in [6, 6.07) is 5.29. The Balaban J connectivity index is 2.23. The molecule has 150 valence electrons. The van der Waals surface area contributed by atoms with Gasteiger partial charge in [-0.05, 0) is 65.0 Å². The molecule has 0 aliphatic carbocycles. The summed E-state index contributed by atoms with van der Waals surface area (Å²) in [5.41, 5.74) is 1.87. The van der Waals surface area contributed by atoms with Crippen LogP contribution in [0.3, 0.4) is 0 Å². The van der Waals surface area contributed by atoms with E-state index in [-0.39, 0.29) is 11.9 Å². The van der Waals surface area contributed by atoms with Gasteiger partial charge in [0.15, 0.2) is 6.04 Å². The summed E-state index contributed by atoms with van der Waals surface area (Å²) in [5.74, 6) is -0.410. The molecule has 1 unspecified atom stereocenters. The van der Waals surface area contributed by atoms with E-state index in [0.717, 1.165) is 29.7 Å². The first kappa shape index (κ1) is 21.4. The third kappa shape index (κ3) is 5.10. The maximum atomic E-state index is 13.2. The second-order valence-corrected chi connectivity index (χ2v) is 7.63. The number of amides is 1. The lowest BCUT2D eigenvalue weighted by molar-refractivity contribution is -0.940. The van der Waals surface area contributed by atoms with Gasteiger partial charge in [0.1, 0.15) is 0 Å². The third-order valence-corrected chi connectivity index (χ3v) is 6.05. The van der Waals surface area contributed by atoms with Crippen molar-refractivity contribution in [1.82, 2.24) is 0 Å². The Morgan fingerprint density at radius 2 is 1.74 bits per heavy atom. The van der Waals surface area contributed by atoms with Crippen molar-refractivity contribution in [2.45, 2.75) is 65.8 Å². The van der Waals surface area contributed by atoms with Crippen molar-refractivity contribution in [3.05, 3.63) is 29.3 Å². The van der Waals surface area contributed by atoms with Crippen LogP contribution in [-0.4, -0.2) is 48.6 Å². The Kier molecular flexibility index (Phi) is 7.84. The number of carbonyl (C=O) groups is 2. The predicted molar refractivity (Wildman–Crippen MR) is 109 cm³/mol. The van der Waals surface area contributed by atoms with Crippen LogP contribution in [0.5, 0.6) is 0 Å². The maximum Gasteiger partial charge on any atom is 0.340 e. The molecule has 0 aromatic heterocycles. The van der Waals surface area contributed by atoms with Crippen LogP contribution in [0.25, 0.3) is 0 Å². The molecule has 1 aliphatic heterocycles. The highest BCUT2D eigenvalue weighted by atomic mass is 16.5. The van der Waals surface area contributed by atoms with Crippen molar-refractivity contribution in [2.24, 2.45) is 0 Å². The van der Waals surface area contributed by atoms with E-state index in [0.29, 0.717) is 17.9 Å². The lowest BCUT2D eigenvalue weighted by Gasteiger charge is -2.43. The van der Waals surface area contributed by atoms with Crippen molar-refractivity contribution in [2.75, 3.05) is 31.6 Å². The molecule has 1 N–H and O–H groups in total. The number of likely N-dealkylation sites (N-methyl/N-ethyl adjacent to an activating group) is 1. The monoisotopic (exact) mass is 375 g/mol. The Labute approximate surface area is 163 Å². The van der Waals surface area contributed by atoms with Crippen molar-refractivity contribution in [3.8, 4) is 0 Å². The zero-order valence-corrected chi connectivity index (χ0v) is 17.3. The summed E-state index contributed by atoms with van der Waals surface area (Å²) < 4.78 is 5.99. The number of anilines is 1. The molecule has 0 radical (unpaired) electrons. The number of para-hydroxylation sites is 1. The molecule has 1 fully saturated rings. The number of esters is 1. The van der Waals surface area contributed by atoms with E-state index < -0.39 is 5.97 Å². The molecular weight excluding hydrogens is 340 g/mol. The van der Waals surface area contributed by atoms with Gasteiger partial charge in [0.05, 0.1) is 37.5 Å². The fourth-order valence-corrected chi connectivity index (χ4v) is 4.16. The van der Waals surface area contributed by atoms with Crippen molar-refractivity contribution >= 4 is 17.6 Å². The van der Waals surface area contributed by atoms with Gasteiger partial charge >= 0.3 is 5.97 Å². The van der Waals surface area contributed by atoms with Crippen LogP contribution in [0.2, 0.25) is 0 Å². The van der Waals surface area contributed by atoms with E-state index in [1.165, 1.54) is 32.1 Å². The van der Waals surface area contributed by atoms with Gasteiger partial charge in [-0.15, -0.1) is 0 Å². The van der Waals surface area contributed by atoms with Gasteiger partial charge in [-0.2, -0.15) is 0 Å². The van der Waals surface area contributed by atoms with Gasteiger partial charge in [0.25, 0.3) is 5.91 Å². The van der Waals surface area contributed by atoms with Crippen LogP contribution in [0.4, 0.5) is 5.69 Å². The molecule has 0 spiro atoms. The normalized spacial score (nSPS) is 18.1. The highest BCUT2D eigenvalue weighted by Gasteiger charge is 2.37. The molecule has 1 aromatic rings. The first-order chi connectivity index (χ1) is 12.9. The zero-order chi connectivity index (χ0) is 19.9. The summed E-state index contributed by atoms with van der Waals surface area (Å²) in [6.45, 7) is 11.3. The summed E-state index contributed by atoms with van der Waals surface area (Å²) >= 11 is 0. The molecule has 27 heavy (non-hydrogen) atoms. The average Bonchev–Trinajstić information content (AvgIpc) is 2.63. The molecule has 1 amide bonds. The second-order valence-electron chi connectivity index (χ2n) is 7.63. The summed E-state index contributed by atoms with van der Waals surface area (Å²) in [7, 11) is 0. The van der Waals surface area contributed by atoms with Crippen LogP contribution in [0.15, 0.2) is 18.2 Å². The van der Waals surface area contributed by atoms with Crippen molar-refractivity contribution in [3.63, 3.8) is 0 Å². The molecule has 5 nitrogen and oxygen atoms in total. The number of nitrogens with one attached hydrogen (secondary N) is 1. The molecule has 1 atom stereocenters. The van der Waals surface area contributed by atoms with E-state index in [1.807, 2.05) is 26.0 Å². The molecule has 0 saturated carbocycles. The largest absolute Gasteiger partial charge is 0.462 e. The number of hydrogen-bond acceptors (Lipinski definition) is 3. The predicted octanol–water partition coefficient (Wildman–Crippen LogP) is 4.30. The number of aryl methyl sites for hydroxylation is 1. The Morgan fingerprint density at radius 3 is 2.33 bits per heavy atom. The molecule has 1 aromatic carbocycles. The van der Waals surface area contributed by atoms with E-state index in [4.69, 9.17) is 4.74 Å². The minimum atomic E-state index is -0.394. The Bertz CT molecular complexity index is 649. The molecule has 2 rings (SSSR count). The molecule has 1 saturated heterocycles. The van der Waals surface area contributed by atoms with E-state index >= 15 is 0 Å². The quantitative estimate of drug-likeness (QED) is 0.596. The smallest absolute Gasteiger partial charge is 0.340 e. The number of hydrogen-bond donors (Lipinski definition) is 1. The highest BCUT2D eigenvalue weighted by Crippen LogP contribution is 2.25. The van der Waals surface area contributed by atoms with Gasteiger partial charge < -0.3 is 14.5 Å². The SMILES string of the molecule is CCOC(=O)c1cccc(C)c1NC(=O)C(C)[N+]1(CC)CCCCCCC1. The van der Waals surface area contributed by atoms with Crippen LogP contribution < -0.4 is 5.32 Å². The molecule has 0 bridgehead atoms. The number of quaternary nitrogens is 1. The number of nitrogens with zero attached hydrogens (tertiary/aromatic N) is 1. The summed E-state index contributed by atoms with van der Waals surface area (Å²) in [4.78, 5) is 25.5. The summed E-state index contributed by atoms with van der Waals surface area (Å²) in [6.07, 6.45) is 6.14. The Hall–Kier alpha value is -1.88. The number of rotatable bonds is 6. The number of ether oxygens (including phenoxy) is 1. The van der Waals surface area contributed by atoms with E-state index in [9.17, 15) is 9.59 Å². The molecule has 1 aliphatic rings. The second kappa shape index (κ2) is 9.88. The number of carbonyl (C=O) groups excluding carboxylic acids is 2. The number of likely N-dealkylation sites (tertiary alicyclic amines) is 1.